The molecule has 1 rings (SSSR count). The van der Waals surface area contributed by atoms with Crippen LogP contribution in [0.1, 0.15) is 12.5 Å². The molecule has 0 radical (unpaired) electrons. The molecular formula is C11H14ClNO3S. The van der Waals surface area contributed by atoms with Gasteiger partial charge in [0.1, 0.15) is 0 Å². The first kappa shape index (κ1) is 14.2. The molecule has 0 aliphatic heterocycles. The van der Waals surface area contributed by atoms with E-state index in [1.807, 2.05) is 0 Å². The highest BCUT2D eigenvalue weighted by Crippen LogP contribution is 2.10. The van der Waals surface area contributed by atoms with Crippen molar-refractivity contribution in [3.05, 3.63) is 40.3 Å². The van der Waals surface area contributed by atoms with Crippen LogP contribution in [-0.4, -0.2) is 26.2 Å². The van der Waals surface area contributed by atoms with Gasteiger partial charge < -0.3 is 5.11 Å². The second kappa shape index (κ2) is 6.16. The van der Waals surface area contributed by atoms with Gasteiger partial charge in [0.05, 0.1) is 6.10 Å². The summed E-state index contributed by atoms with van der Waals surface area (Å²) in [6.07, 6.45) is 0.745. The molecule has 0 saturated carbocycles. The van der Waals surface area contributed by atoms with Crippen LogP contribution in [0, 0.1) is 0 Å². The quantitative estimate of drug-likeness (QED) is 0.858. The van der Waals surface area contributed by atoms with E-state index < -0.39 is 16.1 Å². The van der Waals surface area contributed by atoms with Crippen molar-refractivity contribution < 1.29 is 13.5 Å². The van der Waals surface area contributed by atoms with Crippen LogP contribution in [-0.2, 0) is 10.0 Å². The molecule has 0 aliphatic rings. The third-order valence-electron chi connectivity index (χ3n) is 1.89. The highest BCUT2D eigenvalue weighted by molar-refractivity contribution is 7.92. The number of nitrogens with one attached hydrogen (secondary N) is 1. The first-order valence-corrected chi connectivity index (χ1v) is 6.93. The van der Waals surface area contributed by atoms with Gasteiger partial charge in [-0.2, -0.15) is 0 Å². The molecule has 2 N–H and O–H groups in total. The number of aliphatic hydroxyl groups excluding tert-OH is 1. The van der Waals surface area contributed by atoms with Gasteiger partial charge in [-0.25, -0.2) is 13.1 Å². The van der Waals surface area contributed by atoms with Gasteiger partial charge >= 0.3 is 0 Å². The number of hydrogen-bond donors (Lipinski definition) is 2. The van der Waals surface area contributed by atoms with Crippen LogP contribution in [0.3, 0.4) is 0 Å². The zero-order chi connectivity index (χ0) is 12.9. The van der Waals surface area contributed by atoms with Gasteiger partial charge in [0.25, 0.3) is 0 Å². The second-order valence-electron chi connectivity index (χ2n) is 3.60. The SMILES string of the molecule is C[C@@H](O)CNS(=O)(=O)/C=C/c1ccc(Cl)cc1. The number of hydrogen-bond acceptors (Lipinski definition) is 3. The fourth-order valence-corrected chi connectivity index (χ4v) is 2.06. The average molecular weight is 276 g/mol. The van der Waals surface area contributed by atoms with Gasteiger partial charge in [-0.15, -0.1) is 0 Å². The molecule has 0 fully saturated rings. The summed E-state index contributed by atoms with van der Waals surface area (Å²) in [6, 6.07) is 6.78. The monoisotopic (exact) mass is 275 g/mol. The summed E-state index contributed by atoms with van der Waals surface area (Å²) in [4.78, 5) is 0. The van der Waals surface area contributed by atoms with Gasteiger partial charge in [-0.3, -0.25) is 0 Å². The van der Waals surface area contributed by atoms with Crippen LogP contribution < -0.4 is 4.72 Å². The van der Waals surface area contributed by atoms with E-state index in [1.165, 1.54) is 13.0 Å². The van der Waals surface area contributed by atoms with Crippen LogP contribution in [0.2, 0.25) is 5.02 Å². The van der Waals surface area contributed by atoms with E-state index in [-0.39, 0.29) is 6.54 Å². The van der Waals surface area contributed by atoms with Crippen LogP contribution in [0.5, 0.6) is 0 Å². The van der Waals surface area contributed by atoms with Crippen molar-refractivity contribution >= 4 is 27.7 Å². The maximum Gasteiger partial charge on any atom is 0.233 e. The number of rotatable bonds is 5. The smallest absolute Gasteiger partial charge is 0.233 e. The van der Waals surface area contributed by atoms with Crippen molar-refractivity contribution in [1.29, 1.82) is 0 Å². The maximum absolute atomic E-state index is 11.4. The number of sulfonamides is 1. The Kier molecular flexibility index (Phi) is 5.14. The second-order valence-corrected chi connectivity index (χ2v) is 5.68. The number of benzene rings is 1. The topological polar surface area (TPSA) is 66.4 Å². The largest absolute Gasteiger partial charge is 0.392 e. The predicted molar refractivity (Wildman–Crippen MR) is 69.1 cm³/mol. The standard InChI is InChI=1S/C11H14ClNO3S/c1-9(14)8-13-17(15,16)7-6-10-2-4-11(12)5-3-10/h2-7,9,13-14H,8H2,1H3/b7-6+/t9-/m1/s1. The molecule has 1 atom stereocenters. The highest BCUT2D eigenvalue weighted by Gasteiger charge is 2.05. The summed E-state index contributed by atoms with van der Waals surface area (Å²) in [5.41, 5.74) is 0.733. The van der Waals surface area contributed by atoms with Crippen LogP contribution in [0.4, 0.5) is 0 Å². The molecule has 1 aromatic rings. The summed E-state index contributed by atoms with van der Waals surface area (Å²) in [7, 11) is -3.51. The fourth-order valence-electron chi connectivity index (χ4n) is 1.03. The van der Waals surface area contributed by atoms with Crippen molar-refractivity contribution in [2.24, 2.45) is 0 Å². The Morgan fingerprint density at radius 2 is 2.00 bits per heavy atom. The average Bonchev–Trinajstić information content (AvgIpc) is 2.26. The Balaban J connectivity index is 2.67. The van der Waals surface area contributed by atoms with E-state index in [9.17, 15) is 8.42 Å². The lowest BCUT2D eigenvalue weighted by atomic mass is 10.2. The lowest BCUT2D eigenvalue weighted by molar-refractivity contribution is 0.199. The lowest BCUT2D eigenvalue weighted by Gasteiger charge is -2.04. The van der Waals surface area contributed by atoms with Crippen LogP contribution in [0.15, 0.2) is 29.7 Å². The van der Waals surface area contributed by atoms with E-state index in [0.717, 1.165) is 11.0 Å². The zero-order valence-electron chi connectivity index (χ0n) is 9.30. The van der Waals surface area contributed by atoms with E-state index in [1.54, 1.807) is 24.3 Å². The van der Waals surface area contributed by atoms with Gasteiger partial charge in [0, 0.05) is 17.0 Å². The van der Waals surface area contributed by atoms with Crippen LogP contribution in [0.25, 0.3) is 6.08 Å². The van der Waals surface area contributed by atoms with E-state index >= 15 is 0 Å². The van der Waals surface area contributed by atoms with Crippen molar-refractivity contribution in [2.45, 2.75) is 13.0 Å². The van der Waals surface area contributed by atoms with Crippen LogP contribution >= 0.6 is 11.6 Å². The molecule has 0 bridgehead atoms. The van der Waals surface area contributed by atoms with Crippen molar-refractivity contribution in [3.8, 4) is 0 Å². The number of halogens is 1. The third-order valence-corrected chi connectivity index (χ3v) is 3.20. The van der Waals surface area contributed by atoms with Gasteiger partial charge in [0.15, 0.2) is 0 Å². The minimum atomic E-state index is -3.51. The van der Waals surface area contributed by atoms with Gasteiger partial charge in [0.2, 0.25) is 10.0 Å². The van der Waals surface area contributed by atoms with Crippen molar-refractivity contribution in [1.82, 2.24) is 4.72 Å². The molecular weight excluding hydrogens is 262 g/mol. The zero-order valence-corrected chi connectivity index (χ0v) is 10.9. The van der Waals surface area contributed by atoms with E-state index in [0.29, 0.717) is 5.02 Å². The Morgan fingerprint density at radius 3 is 2.53 bits per heavy atom. The molecule has 17 heavy (non-hydrogen) atoms. The summed E-state index contributed by atoms with van der Waals surface area (Å²) in [5, 5.41) is 10.6. The van der Waals surface area contributed by atoms with Crippen molar-refractivity contribution in [2.75, 3.05) is 6.54 Å². The number of aliphatic hydroxyl groups is 1. The summed E-state index contributed by atoms with van der Waals surface area (Å²) >= 11 is 5.70. The normalized spacial score (nSPS) is 14.1. The molecule has 0 saturated heterocycles. The molecule has 0 heterocycles. The molecule has 0 aromatic heterocycles. The molecule has 6 heteroatoms. The molecule has 0 spiro atoms. The fraction of sp³-hybridized carbons (Fsp3) is 0.273. The molecule has 1 aromatic carbocycles. The lowest BCUT2D eigenvalue weighted by Crippen LogP contribution is -2.28. The van der Waals surface area contributed by atoms with E-state index in [2.05, 4.69) is 4.72 Å². The van der Waals surface area contributed by atoms with E-state index in [4.69, 9.17) is 16.7 Å². The third kappa shape index (κ3) is 5.83. The first-order valence-electron chi connectivity index (χ1n) is 5.00. The van der Waals surface area contributed by atoms with Gasteiger partial charge in [-0.05, 0) is 30.7 Å². The summed E-state index contributed by atoms with van der Waals surface area (Å²) in [5.74, 6) is 0. The summed E-state index contributed by atoms with van der Waals surface area (Å²) < 4.78 is 25.1. The molecule has 0 amide bonds. The Labute approximate surface area is 106 Å². The minimum absolute atomic E-state index is 0.00666. The summed E-state index contributed by atoms with van der Waals surface area (Å²) in [6.45, 7) is 1.50. The Morgan fingerprint density at radius 1 is 1.41 bits per heavy atom. The predicted octanol–water partition coefficient (Wildman–Crippen LogP) is 1.61. The molecule has 94 valence electrons. The Hall–Kier alpha value is -0.880. The molecule has 0 unspecified atom stereocenters. The first-order chi connectivity index (χ1) is 7.89. The maximum atomic E-state index is 11.4. The highest BCUT2D eigenvalue weighted by atomic mass is 35.5. The molecule has 0 aliphatic carbocycles. The Bertz CT molecular complexity index is 480. The minimum Gasteiger partial charge on any atom is -0.392 e. The van der Waals surface area contributed by atoms with Gasteiger partial charge in [-0.1, -0.05) is 23.7 Å². The van der Waals surface area contributed by atoms with Crippen molar-refractivity contribution in [3.63, 3.8) is 0 Å². The molecule has 4 nitrogen and oxygen atoms in total.